The minimum atomic E-state index is 0.107. The summed E-state index contributed by atoms with van der Waals surface area (Å²) in [5.41, 5.74) is 11.5. The molecule has 4 heterocycles. The van der Waals surface area contributed by atoms with Gasteiger partial charge in [0.15, 0.2) is 0 Å². The fourth-order valence-corrected chi connectivity index (χ4v) is 5.97. The highest BCUT2D eigenvalue weighted by atomic mass is 32.1. The van der Waals surface area contributed by atoms with Gasteiger partial charge in [0.2, 0.25) is 11.8 Å². The van der Waals surface area contributed by atoms with Crippen molar-refractivity contribution in [1.82, 2.24) is 19.9 Å². The maximum atomic E-state index is 6.71. The first-order valence-electron chi connectivity index (χ1n) is 10.7. The van der Waals surface area contributed by atoms with Gasteiger partial charge in [0.05, 0.1) is 11.2 Å². The molecule has 1 aromatic carbocycles. The van der Waals surface area contributed by atoms with Crippen molar-refractivity contribution >= 4 is 28.5 Å². The molecule has 0 bridgehead atoms. The van der Waals surface area contributed by atoms with Gasteiger partial charge in [-0.1, -0.05) is 24.3 Å². The van der Waals surface area contributed by atoms with Crippen LogP contribution in [0.2, 0.25) is 0 Å². The van der Waals surface area contributed by atoms with Gasteiger partial charge >= 0.3 is 0 Å². The van der Waals surface area contributed by atoms with Crippen molar-refractivity contribution in [2.75, 3.05) is 18.0 Å². The number of nitrogens with zero attached hydrogens (tertiary/aromatic N) is 5. The standard InChI is InChI=1S/C23H24N6OS/c1-13-18(26-14(2)31-13)21-27-17-12-25-22(28-20(17)30-21)29-9-7-23(8-10-29)11-15-5-3-4-6-16(15)19(23)24/h3-6,12,19H,7-11,24H2,1-2H3/t19-/m1/s1. The van der Waals surface area contributed by atoms with Crippen LogP contribution < -0.4 is 10.6 Å². The minimum Gasteiger partial charge on any atom is -0.416 e. The number of rotatable bonds is 2. The van der Waals surface area contributed by atoms with Crippen molar-refractivity contribution in [1.29, 1.82) is 0 Å². The Kier molecular flexibility index (Phi) is 4.16. The lowest BCUT2D eigenvalue weighted by molar-refractivity contribution is 0.187. The van der Waals surface area contributed by atoms with Gasteiger partial charge in [0.25, 0.3) is 5.71 Å². The molecular formula is C23H24N6OS. The Bertz CT molecular complexity index is 1290. The number of benzene rings is 1. The van der Waals surface area contributed by atoms with Crippen LogP contribution in [0.25, 0.3) is 22.8 Å². The van der Waals surface area contributed by atoms with E-state index >= 15 is 0 Å². The lowest BCUT2D eigenvalue weighted by Gasteiger charge is -2.42. The van der Waals surface area contributed by atoms with Gasteiger partial charge in [-0.25, -0.2) is 15.0 Å². The van der Waals surface area contributed by atoms with E-state index < -0.39 is 0 Å². The lowest BCUT2D eigenvalue weighted by atomic mass is 9.73. The molecule has 7 nitrogen and oxygen atoms in total. The number of nitrogens with two attached hydrogens (primary N) is 1. The smallest absolute Gasteiger partial charge is 0.252 e. The summed E-state index contributed by atoms with van der Waals surface area (Å²) in [6.07, 6.45) is 4.88. The largest absolute Gasteiger partial charge is 0.416 e. The summed E-state index contributed by atoms with van der Waals surface area (Å²) in [6, 6.07) is 8.72. The summed E-state index contributed by atoms with van der Waals surface area (Å²) >= 11 is 1.64. The van der Waals surface area contributed by atoms with Crippen LogP contribution in [0.1, 0.15) is 39.9 Å². The van der Waals surface area contributed by atoms with E-state index in [0.29, 0.717) is 23.1 Å². The molecule has 2 aliphatic rings. The highest BCUT2D eigenvalue weighted by Crippen LogP contribution is 2.50. The molecular weight excluding hydrogens is 408 g/mol. The van der Waals surface area contributed by atoms with E-state index in [1.165, 1.54) is 11.1 Å². The molecule has 158 valence electrons. The van der Waals surface area contributed by atoms with Crippen molar-refractivity contribution in [3.8, 4) is 11.6 Å². The second kappa shape index (κ2) is 6.83. The normalized spacial score (nSPS) is 20.0. The van der Waals surface area contributed by atoms with Crippen LogP contribution in [-0.2, 0) is 6.42 Å². The van der Waals surface area contributed by atoms with Gasteiger partial charge in [0.1, 0.15) is 11.2 Å². The van der Waals surface area contributed by atoms with Gasteiger partial charge < -0.3 is 15.1 Å². The molecule has 2 N–H and O–H groups in total. The number of anilines is 1. The van der Waals surface area contributed by atoms with Crippen LogP contribution >= 0.6 is 11.3 Å². The third kappa shape index (κ3) is 2.96. The first-order valence-corrected chi connectivity index (χ1v) is 11.5. The van der Waals surface area contributed by atoms with E-state index in [1.807, 2.05) is 13.8 Å². The minimum absolute atomic E-state index is 0.107. The molecule has 0 unspecified atom stereocenters. The van der Waals surface area contributed by atoms with Crippen LogP contribution in [0.5, 0.6) is 0 Å². The van der Waals surface area contributed by atoms with E-state index in [0.717, 1.165) is 47.9 Å². The van der Waals surface area contributed by atoms with Crippen molar-refractivity contribution in [3.05, 3.63) is 51.5 Å². The zero-order valence-electron chi connectivity index (χ0n) is 17.6. The van der Waals surface area contributed by atoms with E-state index in [-0.39, 0.29) is 11.5 Å². The van der Waals surface area contributed by atoms with Crippen LogP contribution in [-0.4, -0.2) is 33.0 Å². The summed E-state index contributed by atoms with van der Waals surface area (Å²) in [5, 5.41) is 0.996. The topological polar surface area (TPSA) is 94.0 Å². The molecule has 0 radical (unpaired) electrons. The zero-order chi connectivity index (χ0) is 21.2. The summed E-state index contributed by atoms with van der Waals surface area (Å²) in [4.78, 5) is 21.7. The van der Waals surface area contributed by atoms with Gasteiger partial charge in [-0.15, -0.1) is 11.3 Å². The molecule has 0 saturated carbocycles. The van der Waals surface area contributed by atoms with E-state index in [9.17, 15) is 0 Å². The Hall–Kier alpha value is -2.84. The fraction of sp³-hybridized carbons (Fsp3) is 0.391. The van der Waals surface area contributed by atoms with Crippen LogP contribution in [0.3, 0.4) is 0 Å². The highest BCUT2D eigenvalue weighted by molar-refractivity contribution is 7.11. The molecule has 1 atom stereocenters. The number of piperidine rings is 1. The number of aryl methyl sites for hydroxylation is 2. The molecule has 4 aromatic rings. The number of aromatic nitrogens is 4. The summed E-state index contributed by atoms with van der Waals surface area (Å²) in [5.74, 6) is 1.20. The maximum absolute atomic E-state index is 6.71. The Labute approximate surface area is 184 Å². The molecule has 6 rings (SSSR count). The molecule has 1 aliphatic heterocycles. The Morgan fingerprint density at radius 1 is 1.13 bits per heavy atom. The fourth-order valence-electron chi connectivity index (χ4n) is 5.17. The van der Waals surface area contributed by atoms with Crippen molar-refractivity contribution in [2.45, 2.75) is 39.2 Å². The van der Waals surface area contributed by atoms with E-state index in [1.54, 1.807) is 17.5 Å². The summed E-state index contributed by atoms with van der Waals surface area (Å²) in [7, 11) is 0. The number of hydrogen-bond acceptors (Lipinski definition) is 8. The monoisotopic (exact) mass is 432 g/mol. The van der Waals surface area contributed by atoms with Crippen molar-refractivity contribution < 1.29 is 4.42 Å². The average molecular weight is 433 g/mol. The predicted molar refractivity (Wildman–Crippen MR) is 121 cm³/mol. The number of fused-ring (bicyclic) bond motifs is 2. The number of oxazole rings is 1. The summed E-state index contributed by atoms with van der Waals surface area (Å²) in [6.45, 7) is 5.79. The Morgan fingerprint density at radius 3 is 2.68 bits per heavy atom. The lowest BCUT2D eigenvalue weighted by Crippen LogP contribution is -2.44. The first-order chi connectivity index (χ1) is 15.0. The molecule has 8 heteroatoms. The Morgan fingerprint density at radius 2 is 1.94 bits per heavy atom. The first kappa shape index (κ1) is 18.9. The molecule has 3 aromatic heterocycles. The third-order valence-corrected chi connectivity index (χ3v) is 7.77. The van der Waals surface area contributed by atoms with Gasteiger partial charge in [0, 0.05) is 24.0 Å². The van der Waals surface area contributed by atoms with Gasteiger partial charge in [-0.2, -0.15) is 4.98 Å². The number of hydrogen-bond donors (Lipinski definition) is 1. The van der Waals surface area contributed by atoms with Gasteiger partial charge in [-0.3, -0.25) is 0 Å². The number of thiazole rings is 1. The SMILES string of the molecule is Cc1nc(-c2nc3cnc(N4CCC5(CC4)Cc4ccccc4[C@H]5N)nc3o2)c(C)s1. The third-order valence-electron chi connectivity index (χ3n) is 6.88. The molecule has 1 fully saturated rings. The summed E-state index contributed by atoms with van der Waals surface area (Å²) < 4.78 is 5.97. The quantitative estimate of drug-likeness (QED) is 0.507. The molecule has 31 heavy (non-hydrogen) atoms. The molecule has 0 amide bonds. The van der Waals surface area contributed by atoms with Crippen molar-refractivity contribution in [3.63, 3.8) is 0 Å². The maximum Gasteiger partial charge on any atom is 0.252 e. The second-order valence-corrected chi connectivity index (χ2v) is 10.1. The van der Waals surface area contributed by atoms with Crippen LogP contribution in [0.4, 0.5) is 5.95 Å². The van der Waals surface area contributed by atoms with Crippen LogP contribution in [0, 0.1) is 19.3 Å². The second-order valence-electron chi connectivity index (χ2n) is 8.72. The average Bonchev–Trinajstić information content (AvgIpc) is 3.42. The molecule has 1 aliphatic carbocycles. The van der Waals surface area contributed by atoms with E-state index in [4.69, 9.17) is 10.2 Å². The van der Waals surface area contributed by atoms with Crippen LogP contribution in [0.15, 0.2) is 34.9 Å². The highest BCUT2D eigenvalue weighted by Gasteiger charge is 2.46. The Balaban J connectivity index is 1.24. The van der Waals surface area contributed by atoms with Crippen molar-refractivity contribution in [2.24, 2.45) is 11.1 Å². The predicted octanol–water partition coefficient (Wildman–Crippen LogP) is 4.20. The molecule has 1 saturated heterocycles. The van der Waals surface area contributed by atoms with Gasteiger partial charge in [-0.05, 0) is 49.7 Å². The molecule has 1 spiro atoms. The zero-order valence-corrected chi connectivity index (χ0v) is 18.4. The van der Waals surface area contributed by atoms with E-state index in [2.05, 4.69) is 49.1 Å².